The molecule has 162 valence electrons. The molecule has 3 aromatic rings. The van der Waals surface area contributed by atoms with Gasteiger partial charge in [0.05, 0.1) is 7.11 Å². The van der Waals surface area contributed by atoms with Crippen LogP contribution >= 0.6 is 0 Å². The Bertz CT molecular complexity index is 1090. The number of fused-ring (bicyclic) bond motifs is 1. The number of hydrogen-bond acceptors (Lipinski definition) is 3. The first-order valence-corrected chi connectivity index (χ1v) is 10.6. The molecule has 0 radical (unpaired) electrons. The predicted octanol–water partition coefficient (Wildman–Crippen LogP) is 4.31. The van der Waals surface area contributed by atoms with Crippen LogP contribution < -0.4 is 10.1 Å². The minimum absolute atomic E-state index is 0.208. The lowest BCUT2D eigenvalue weighted by molar-refractivity contribution is -0.127. The number of hydrogen-bond donors (Lipinski definition) is 1. The minimum atomic E-state index is -0.339. The third-order valence-corrected chi connectivity index (χ3v) is 5.34. The summed E-state index contributed by atoms with van der Waals surface area (Å²) in [5.41, 5.74) is 2.69. The first-order chi connectivity index (χ1) is 15.0. The Morgan fingerprint density at radius 1 is 1.03 bits per heavy atom. The van der Waals surface area contributed by atoms with Crippen molar-refractivity contribution in [2.45, 2.75) is 27.3 Å². The molecule has 6 heteroatoms. The highest BCUT2D eigenvalue weighted by Crippen LogP contribution is 2.24. The van der Waals surface area contributed by atoms with E-state index in [2.05, 4.69) is 22.9 Å². The molecular formula is C25H29N3O3. The van der Waals surface area contributed by atoms with Crippen LogP contribution in [-0.4, -0.2) is 41.5 Å². The number of para-hydroxylation sites is 1. The van der Waals surface area contributed by atoms with E-state index in [0.29, 0.717) is 24.4 Å². The quantitative estimate of drug-likeness (QED) is 0.554. The van der Waals surface area contributed by atoms with E-state index in [-0.39, 0.29) is 17.5 Å². The molecule has 6 nitrogen and oxygen atoms in total. The van der Waals surface area contributed by atoms with E-state index in [4.69, 9.17) is 4.74 Å². The van der Waals surface area contributed by atoms with Crippen LogP contribution in [0.15, 0.2) is 60.4 Å². The Morgan fingerprint density at radius 3 is 2.32 bits per heavy atom. The van der Waals surface area contributed by atoms with Crippen molar-refractivity contribution in [3.63, 3.8) is 0 Å². The molecule has 1 heterocycles. The van der Waals surface area contributed by atoms with Crippen molar-refractivity contribution < 1.29 is 14.3 Å². The van der Waals surface area contributed by atoms with Crippen LogP contribution in [0.3, 0.4) is 0 Å². The van der Waals surface area contributed by atoms with E-state index in [9.17, 15) is 9.59 Å². The van der Waals surface area contributed by atoms with Crippen molar-refractivity contribution in [1.29, 1.82) is 0 Å². The molecule has 0 saturated carbocycles. The maximum absolute atomic E-state index is 13.2. The van der Waals surface area contributed by atoms with Gasteiger partial charge in [0, 0.05) is 47.9 Å². The Balaban J connectivity index is 2.02. The van der Waals surface area contributed by atoms with E-state index in [0.717, 1.165) is 23.0 Å². The molecule has 31 heavy (non-hydrogen) atoms. The van der Waals surface area contributed by atoms with Gasteiger partial charge in [-0.25, -0.2) is 0 Å². The van der Waals surface area contributed by atoms with Gasteiger partial charge in [0.1, 0.15) is 11.4 Å². The lowest BCUT2D eigenvalue weighted by atomic mass is 10.1. The minimum Gasteiger partial charge on any atom is -0.497 e. The summed E-state index contributed by atoms with van der Waals surface area (Å²) in [6.07, 6.45) is 3.79. The van der Waals surface area contributed by atoms with Crippen LogP contribution in [0.2, 0.25) is 0 Å². The molecule has 0 aliphatic carbocycles. The van der Waals surface area contributed by atoms with E-state index in [1.165, 1.54) is 0 Å². The number of likely N-dealkylation sites (N-methyl/N-ethyl adjacent to an activating group) is 1. The molecule has 0 aliphatic rings. The van der Waals surface area contributed by atoms with Crippen LogP contribution in [0.1, 0.15) is 36.7 Å². The van der Waals surface area contributed by atoms with Gasteiger partial charge >= 0.3 is 0 Å². The van der Waals surface area contributed by atoms with Gasteiger partial charge in [0.25, 0.3) is 11.8 Å². The number of nitrogens with zero attached hydrogens (tertiary/aromatic N) is 2. The highest BCUT2D eigenvalue weighted by molar-refractivity contribution is 6.06. The highest BCUT2D eigenvalue weighted by Gasteiger charge is 2.20. The SMILES string of the molecule is CCN(CC)C(=O)/C(=C/c1cn(CC)c2ccccc12)NC(=O)c1ccc(OC)cc1. The topological polar surface area (TPSA) is 63.6 Å². The number of aryl methyl sites for hydroxylation is 1. The average Bonchev–Trinajstić information content (AvgIpc) is 3.17. The fourth-order valence-corrected chi connectivity index (χ4v) is 3.58. The molecule has 0 aliphatic heterocycles. The van der Waals surface area contributed by atoms with Gasteiger partial charge in [0.15, 0.2) is 0 Å². The molecule has 2 aromatic carbocycles. The zero-order valence-corrected chi connectivity index (χ0v) is 18.5. The van der Waals surface area contributed by atoms with Gasteiger partial charge in [0.2, 0.25) is 0 Å². The molecule has 2 amide bonds. The number of amides is 2. The molecule has 0 atom stereocenters. The van der Waals surface area contributed by atoms with Crippen molar-refractivity contribution >= 4 is 28.8 Å². The van der Waals surface area contributed by atoms with Crippen LogP contribution in [-0.2, 0) is 11.3 Å². The van der Waals surface area contributed by atoms with E-state index in [1.54, 1.807) is 42.4 Å². The standard InChI is InChI=1S/C25H29N3O3/c1-5-27(6-2)25(30)22(26-24(29)18-12-14-20(31-4)15-13-18)16-19-17-28(7-3)23-11-9-8-10-21(19)23/h8-17H,5-7H2,1-4H3,(H,26,29)/b22-16-. The van der Waals surface area contributed by atoms with Crippen molar-refractivity contribution in [2.75, 3.05) is 20.2 Å². The number of ether oxygens (including phenoxy) is 1. The smallest absolute Gasteiger partial charge is 0.270 e. The number of rotatable bonds is 8. The zero-order valence-electron chi connectivity index (χ0n) is 18.5. The van der Waals surface area contributed by atoms with Crippen LogP contribution in [0.5, 0.6) is 5.75 Å². The fourth-order valence-electron chi connectivity index (χ4n) is 3.58. The van der Waals surface area contributed by atoms with Crippen LogP contribution in [0.4, 0.5) is 0 Å². The lowest BCUT2D eigenvalue weighted by Crippen LogP contribution is -2.38. The summed E-state index contributed by atoms with van der Waals surface area (Å²) < 4.78 is 7.29. The second-order valence-electron chi connectivity index (χ2n) is 7.11. The Kier molecular flexibility index (Phi) is 7.13. The van der Waals surface area contributed by atoms with Crippen molar-refractivity contribution in [1.82, 2.24) is 14.8 Å². The lowest BCUT2D eigenvalue weighted by Gasteiger charge is -2.21. The number of nitrogens with one attached hydrogen (secondary N) is 1. The average molecular weight is 420 g/mol. The molecule has 3 rings (SSSR count). The Labute approximate surface area is 183 Å². The van der Waals surface area contributed by atoms with Crippen LogP contribution in [0, 0.1) is 0 Å². The summed E-state index contributed by atoms with van der Waals surface area (Å²) in [6.45, 7) is 7.85. The van der Waals surface area contributed by atoms with Crippen LogP contribution in [0.25, 0.3) is 17.0 Å². The number of carbonyl (C=O) groups excluding carboxylic acids is 2. The molecule has 1 aromatic heterocycles. The molecule has 0 bridgehead atoms. The van der Waals surface area contributed by atoms with Crippen molar-refractivity contribution in [2.24, 2.45) is 0 Å². The summed E-state index contributed by atoms with van der Waals surface area (Å²) >= 11 is 0. The first kappa shape index (κ1) is 22.2. The van der Waals surface area contributed by atoms with Gasteiger partial charge in [-0.05, 0) is 57.2 Å². The maximum Gasteiger partial charge on any atom is 0.270 e. The summed E-state index contributed by atoms with van der Waals surface area (Å²) in [5, 5.41) is 3.88. The maximum atomic E-state index is 13.2. The number of carbonyl (C=O) groups is 2. The number of benzene rings is 2. The highest BCUT2D eigenvalue weighted by atomic mass is 16.5. The first-order valence-electron chi connectivity index (χ1n) is 10.6. The molecule has 0 spiro atoms. The summed E-state index contributed by atoms with van der Waals surface area (Å²) in [6, 6.07) is 14.8. The fraction of sp³-hybridized carbons (Fsp3) is 0.280. The number of methoxy groups -OCH3 is 1. The monoisotopic (exact) mass is 419 g/mol. The zero-order chi connectivity index (χ0) is 22.4. The summed E-state index contributed by atoms with van der Waals surface area (Å²) in [5.74, 6) is 0.118. The van der Waals surface area contributed by atoms with E-state index in [1.807, 2.05) is 38.2 Å². The Morgan fingerprint density at radius 2 is 1.71 bits per heavy atom. The summed E-state index contributed by atoms with van der Waals surface area (Å²) in [7, 11) is 1.57. The molecule has 1 N–H and O–H groups in total. The third-order valence-electron chi connectivity index (χ3n) is 5.34. The van der Waals surface area contributed by atoms with E-state index >= 15 is 0 Å². The third kappa shape index (κ3) is 4.79. The number of aromatic nitrogens is 1. The second-order valence-corrected chi connectivity index (χ2v) is 7.11. The molecule has 0 unspecified atom stereocenters. The largest absolute Gasteiger partial charge is 0.497 e. The van der Waals surface area contributed by atoms with Gasteiger partial charge in [-0.3, -0.25) is 9.59 Å². The van der Waals surface area contributed by atoms with E-state index < -0.39 is 0 Å². The Hall–Kier alpha value is -3.54. The molecule has 0 fully saturated rings. The second kappa shape index (κ2) is 9.98. The molecule has 0 saturated heterocycles. The van der Waals surface area contributed by atoms with Gasteiger partial charge < -0.3 is 19.5 Å². The molecular weight excluding hydrogens is 390 g/mol. The van der Waals surface area contributed by atoms with Gasteiger partial charge in [-0.1, -0.05) is 18.2 Å². The van der Waals surface area contributed by atoms with Gasteiger partial charge in [-0.15, -0.1) is 0 Å². The van der Waals surface area contributed by atoms with Crippen molar-refractivity contribution in [3.05, 3.63) is 71.6 Å². The van der Waals surface area contributed by atoms with Crippen molar-refractivity contribution in [3.8, 4) is 5.75 Å². The van der Waals surface area contributed by atoms with Gasteiger partial charge in [-0.2, -0.15) is 0 Å². The normalized spacial score (nSPS) is 11.4. The summed E-state index contributed by atoms with van der Waals surface area (Å²) in [4.78, 5) is 27.8. The predicted molar refractivity (Wildman–Crippen MR) is 124 cm³/mol.